The molecule has 0 radical (unpaired) electrons. The van der Waals surface area contributed by atoms with Gasteiger partial charge in [0.2, 0.25) is 0 Å². The Morgan fingerprint density at radius 2 is 1.49 bits per heavy atom. The monoisotopic (exact) mass is 509 g/mol. The molecule has 182 valence electrons. The molecule has 5 rings (SSSR count). The number of esters is 1. The van der Waals surface area contributed by atoms with Crippen molar-refractivity contribution >= 4 is 35.0 Å². The van der Waals surface area contributed by atoms with Crippen LogP contribution in [0.15, 0.2) is 71.1 Å². The van der Waals surface area contributed by atoms with Crippen LogP contribution in [0, 0.1) is 0 Å². The number of carbonyl (C=O) groups is 2. The third kappa shape index (κ3) is 5.05. The lowest BCUT2D eigenvalue weighted by Gasteiger charge is -2.37. The Balaban J connectivity index is 1.51. The molecular weight excluding hydrogens is 481 g/mol. The zero-order valence-electron chi connectivity index (χ0n) is 19.8. The predicted octanol–water partition coefficient (Wildman–Crippen LogP) is 7.23. The molecule has 0 spiro atoms. The van der Waals surface area contributed by atoms with Crippen LogP contribution in [0.3, 0.4) is 0 Å². The molecule has 35 heavy (non-hydrogen) atoms. The van der Waals surface area contributed by atoms with Crippen molar-refractivity contribution in [3.8, 4) is 0 Å². The van der Waals surface area contributed by atoms with Crippen LogP contribution in [0.5, 0.6) is 0 Å². The second-order valence-electron chi connectivity index (χ2n) is 9.79. The molecule has 3 aliphatic rings. The van der Waals surface area contributed by atoms with E-state index in [1.807, 2.05) is 55.5 Å². The molecule has 1 heterocycles. The molecule has 1 fully saturated rings. The number of allylic oxidation sites excluding steroid dienone is 3. The van der Waals surface area contributed by atoms with Gasteiger partial charge in [-0.15, -0.1) is 0 Å². The van der Waals surface area contributed by atoms with Gasteiger partial charge in [0.1, 0.15) is 6.10 Å². The summed E-state index contributed by atoms with van der Waals surface area (Å²) < 4.78 is 5.98. The van der Waals surface area contributed by atoms with Gasteiger partial charge in [0.25, 0.3) is 0 Å². The average molecular weight is 510 g/mol. The number of Topliss-reactive ketones (excluding diaryl/α,β-unsaturated/α-hetero) is 1. The van der Waals surface area contributed by atoms with E-state index in [1.54, 1.807) is 0 Å². The lowest BCUT2D eigenvalue weighted by Crippen LogP contribution is -2.37. The summed E-state index contributed by atoms with van der Waals surface area (Å²) in [7, 11) is 0. The summed E-state index contributed by atoms with van der Waals surface area (Å²) in [6, 6.07) is 15.1. The Kier molecular flexibility index (Phi) is 7.04. The largest absolute Gasteiger partial charge is 0.459 e. The normalized spacial score (nSPS) is 23.1. The first-order valence-electron chi connectivity index (χ1n) is 12.4. The van der Waals surface area contributed by atoms with E-state index in [-0.39, 0.29) is 23.8 Å². The second kappa shape index (κ2) is 10.2. The molecule has 2 aliphatic carbocycles. The Hall–Kier alpha value is -2.56. The minimum Gasteiger partial charge on any atom is -0.459 e. The summed E-state index contributed by atoms with van der Waals surface area (Å²) in [5.74, 6) is -0.700. The predicted molar refractivity (Wildman–Crippen MR) is 138 cm³/mol. The minimum absolute atomic E-state index is 0.0501. The first-order chi connectivity index (χ1) is 16.9. The van der Waals surface area contributed by atoms with Gasteiger partial charge in [-0.2, -0.15) is 0 Å². The van der Waals surface area contributed by atoms with Crippen LogP contribution >= 0.6 is 23.2 Å². The molecule has 2 aromatic carbocycles. The number of halogens is 2. The molecular formula is C29H29Cl2NO3. The van der Waals surface area contributed by atoms with E-state index in [1.165, 1.54) is 6.42 Å². The second-order valence-corrected chi connectivity index (χ2v) is 10.7. The molecule has 0 bridgehead atoms. The van der Waals surface area contributed by atoms with Gasteiger partial charge in [-0.25, -0.2) is 4.79 Å². The summed E-state index contributed by atoms with van der Waals surface area (Å²) in [4.78, 5) is 27.2. The number of ether oxygens (including phenoxy) is 1. The molecule has 0 aromatic heterocycles. The summed E-state index contributed by atoms with van der Waals surface area (Å²) in [6.45, 7) is 1.90. The van der Waals surface area contributed by atoms with Gasteiger partial charge in [0.05, 0.1) is 5.57 Å². The summed E-state index contributed by atoms with van der Waals surface area (Å²) in [5.41, 5.74) is 4.77. The third-order valence-corrected chi connectivity index (χ3v) is 7.92. The van der Waals surface area contributed by atoms with Crippen molar-refractivity contribution in [2.24, 2.45) is 0 Å². The summed E-state index contributed by atoms with van der Waals surface area (Å²) in [5, 5.41) is 4.71. The smallest absolute Gasteiger partial charge is 0.337 e. The maximum atomic E-state index is 13.7. The van der Waals surface area contributed by atoms with Crippen molar-refractivity contribution < 1.29 is 14.3 Å². The van der Waals surface area contributed by atoms with Crippen molar-refractivity contribution in [1.82, 2.24) is 5.32 Å². The number of rotatable bonds is 4. The summed E-state index contributed by atoms with van der Waals surface area (Å²) in [6.07, 6.45) is 6.15. The Labute approximate surface area is 216 Å². The molecule has 6 heteroatoms. The highest BCUT2D eigenvalue weighted by Crippen LogP contribution is 2.46. The fraction of sp³-hybridized carbons (Fsp3) is 0.379. The topological polar surface area (TPSA) is 55.4 Å². The van der Waals surface area contributed by atoms with Crippen LogP contribution in [-0.4, -0.2) is 17.9 Å². The molecule has 1 aliphatic heterocycles. The van der Waals surface area contributed by atoms with Crippen molar-refractivity contribution in [2.75, 3.05) is 0 Å². The molecule has 1 N–H and O–H groups in total. The minimum atomic E-state index is -0.474. The van der Waals surface area contributed by atoms with Gasteiger partial charge < -0.3 is 10.1 Å². The lowest BCUT2D eigenvalue weighted by atomic mass is 9.71. The van der Waals surface area contributed by atoms with Gasteiger partial charge in [0.15, 0.2) is 5.78 Å². The van der Waals surface area contributed by atoms with Crippen molar-refractivity contribution in [2.45, 2.75) is 69.8 Å². The molecule has 4 nitrogen and oxygen atoms in total. The maximum Gasteiger partial charge on any atom is 0.337 e. The van der Waals surface area contributed by atoms with Crippen molar-refractivity contribution in [1.29, 1.82) is 0 Å². The van der Waals surface area contributed by atoms with Crippen LogP contribution < -0.4 is 5.32 Å². The highest BCUT2D eigenvalue weighted by molar-refractivity contribution is 6.30. The van der Waals surface area contributed by atoms with Crippen molar-refractivity contribution in [3.05, 3.63) is 92.2 Å². The van der Waals surface area contributed by atoms with Gasteiger partial charge in [0, 0.05) is 39.4 Å². The quantitative estimate of drug-likeness (QED) is 0.441. The number of hydrogen-bond donors (Lipinski definition) is 1. The Morgan fingerprint density at radius 3 is 2.11 bits per heavy atom. The number of dihydropyridines is 1. The van der Waals surface area contributed by atoms with Crippen LogP contribution in [0.4, 0.5) is 0 Å². The standard InChI is InChI=1S/C29H29Cl2NO3/c1-17-26(29(34)35-23-5-3-2-4-6-23)27(19-9-13-22(31)14-10-19)28-24(32-17)15-20(16-25(28)33)18-7-11-21(30)12-8-18/h7-14,20,23,27,32H,2-6,15-16H2,1H3/t20-,27+/m0/s1. The Bertz CT molecular complexity index is 1190. The fourth-order valence-corrected chi connectivity index (χ4v) is 5.92. The van der Waals surface area contributed by atoms with E-state index in [0.717, 1.165) is 48.2 Å². The lowest BCUT2D eigenvalue weighted by molar-refractivity contribution is -0.146. The van der Waals surface area contributed by atoms with Crippen LogP contribution in [0.1, 0.15) is 74.8 Å². The number of nitrogens with one attached hydrogen (secondary N) is 1. The molecule has 0 amide bonds. The van der Waals surface area contributed by atoms with E-state index in [4.69, 9.17) is 27.9 Å². The molecule has 0 saturated heterocycles. The molecule has 2 aromatic rings. The highest BCUT2D eigenvalue weighted by Gasteiger charge is 2.41. The average Bonchev–Trinajstić information content (AvgIpc) is 2.84. The van der Waals surface area contributed by atoms with Gasteiger partial charge in [-0.3, -0.25) is 4.79 Å². The number of benzene rings is 2. The van der Waals surface area contributed by atoms with Crippen LogP contribution in [0.25, 0.3) is 0 Å². The number of ketones is 1. The first-order valence-corrected chi connectivity index (χ1v) is 13.1. The van der Waals surface area contributed by atoms with Crippen LogP contribution in [0.2, 0.25) is 10.0 Å². The summed E-state index contributed by atoms with van der Waals surface area (Å²) >= 11 is 12.2. The van der Waals surface area contributed by atoms with E-state index in [9.17, 15) is 9.59 Å². The van der Waals surface area contributed by atoms with Crippen LogP contribution in [-0.2, 0) is 14.3 Å². The van der Waals surface area contributed by atoms with E-state index in [2.05, 4.69) is 5.32 Å². The van der Waals surface area contributed by atoms with Crippen molar-refractivity contribution in [3.63, 3.8) is 0 Å². The van der Waals surface area contributed by atoms with E-state index in [0.29, 0.717) is 34.0 Å². The highest BCUT2D eigenvalue weighted by atomic mass is 35.5. The first kappa shape index (κ1) is 24.1. The van der Waals surface area contributed by atoms with E-state index >= 15 is 0 Å². The zero-order chi connectivity index (χ0) is 24.5. The number of carbonyl (C=O) groups excluding carboxylic acids is 2. The third-order valence-electron chi connectivity index (χ3n) is 7.42. The molecule has 0 unspecified atom stereocenters. The van der Waals surface area contributed by atoms with E-state index < -0.39 is 5.92 Å². The number of hydrogen-bond acceptors (Lipinski definition) is 4. The molecule has 2 atom stereocenters. The SMILES string of the molecule is CC1=C(C(=O)OC2CCCCC2)[C@@H](c2ccc(Cl)cc2)C2=C(C[C@H](c3ccc(Cl)cc3)CC2=O)N1. The maximum absolute atomic E-state index is 13.7. The van der Waals surface area contributed by atoms with Gasteiger partial charge in [-0.1, -0.05) is 53.9 Å². The Morgan fingerprint density at radius 1 is 0.886 bits per heavy atom. The van der Waals surface area contributed by atoms with Gasteiger partial charge in [-0.05, 0) is 80.3 Å². The zero-order valence-corrected chi connectivity index (χ0v) is 21.3. The molecule has 1 saturated carbocycles. The van der Waals surface area contributed by atoms with Gasteiger partial charge >= 0.3 is 5.97 Å². The fourth-order valence-electron chi connectivity index (χ4n) is 5.67.